The molecule has 4 aromatic rings. The number of hydrogen-bond donors (Lipinski definition) is 3. The number of nitrogens with zero attached hydrogens (tertiary/aromatic N) is 5. The molecule has 1 atom stereocenters. The van der Waals surface area contributed by atoms with Gasteiger partial charge in [0.05, 0.1) is 5.56 Å². The molecule has 3 N–H and O–H groups in total. The third-order valence-electron chi connectivity index (χ3n) is 6.46. The number of benzene rings is 1. The van der Waals surface area contributed by atoms with E-state index in [2.05, 4.69) is 31.2 Å². The number of esters is 1. The summed E-state index contributed by atoms with van der Waals surface area (Å²) in [6, 6.07) is 5.65. The van der Waals surface area contributed by atoms with E-state index >= 15 is 0 Å². The number of imide groups is 1. The van der Waals surface area contributed by atoms with E-state index in [-0.39, 0.29) is 17.9 Å². The van der Waals surface area contributed by atoms with Gasteiger partial charge in [-0.2, -0.15) is 5.10 Å². The zero-order chi connectivity index (χ0) is 31.8. The first kappa shape index (κ1) is 31.1. The molecule has 3 heterocycles. The van der Waals surface area contributed by atoms with Crippen LogP contribution in [0, 0.1) is 13.8 Å². The number of nitrogens with one attached hydrogen (secondary N) is 3. The molecule has 0 saturated carbocycles. The molecule has 1 unspecified atom stereocenters. The summed E-state index contributed by atoms with van der Waals surface area (Å²) in [7, 11) is 0. The van der Waals surface area contributed by atoms with Crippen LogP contribution < -0.4 is 16.0 Å². The summed E-state index contributed by atoms with van der Waals surface area (Å²) in [5.41, 5.74) is 2.84. The quantitative estimate of drug-likeness (QED) is 0.121. The Morgan fingerprint density at radius 3 is 2.66 bits per heavy atom. The first-order valence-corrected chi connectivity index (χ1v) is 13.4. The van der Waals surface area contributed by atoms with Gasteiger partial charge < -0.3 is 29.9 Å². The van der Waals surface area contributed by atoms with E-state index in [0.29, 0.717) is 41.0 Å². The molecule has 0 bridgehead atoms. The Labute approximate surface area is 250 Å². The standard InChI is InChI=1S/C28H30N8O8/c1-5-9-35(28(41)43-15-42-27(40)18(4)30-14-37)26(39)20-12-36-23(17(20)3)24(29-13-31-36)32-21-11-19(7-6-16(21)2)25(38)33-22-8-10-44-34-22/h6-8,10-14,18H,5,9,15H2,1-4H3,(H,30,37)(H,29,31,32)(H,33,34,38). The number of hydrogen-bond acceptors (Lipinski definition) is 12. The minimum atomic E-state index is -1.02. The predicted octanol–water partition coefficient (Wildman–Crippen LogP) is 2.95. The Balaban J connectivity index is 1.55. The van der Waals surface area contributed by atoms with Crippen molar-refractivity contribution in [2.75, 3.05) is 24.0 Å². The lowest BCUT2D eigenvalue weighted by Gasteiger charge is -2.20. The third kappa shape index (κ3) is 6.97. The summed E-state index contributed by atoms with van der Waals surface area (Å²) in [6.45, 7) is 5.99. The Morgan fingerprint density at radius 1 is 1.16 bits per heavy atom. The fourth-order valence-corrected chi connectivity index (χ4v) is 4.11. The number of aryl methyl sites for hydroxylation is 2. The Hall–Kier alpha value is -5.80. The molecule has 4 rings (SSSR count). The van der Waals surface area contributed by atoms with Gasteiger partial charge in [0.2, 0.25) is 13.2 Å². The van der Waals surface area contributed by atoms with E-state index in [1.165, 1.54) is 36.3 Å². The van der Waals surface area contributed by atoms with Crippen molar-refractivity contribution >= 4 is 53.1 Å². The van der Waals surface area contributed by atoms with Gasteiger partial charge in [-0.15, -0.1) is 0 Å². The molecular formula is C28H30N8O8. The number of carbonyl (C=O) groups excluding carboxylic acids is 5. The first-order chi connectivity index (χ1) is 21.1. The molecule has 16 nitrogen and oxygen atoms in total. The highest BCUT2D eigenvalue weighted by Gasteiger charge is 2.28. The lowest BCUT2D eigenvalue weighted by molar-refractivity contribution is -0.154. The maximum Gasteiger partial charge on any atom is 0.419 e. The van der Waals surface area contributed by atoms with Gasteiger partial charge in [0.15, 0.2) is 11.6 Å². The highest BCUT2D eigenvalue weighted by Crippen LogP contribution is 2.28. The van der Waals surface area contributed by atoms with Gasteiger partial charge >= 0.3 is 12.1 Å². The van der Waals surface area contributed by atoms with Crippen molar-refractivity contribution in [3.63, 3.8) is 0 Å². The smallest absolute Gasteiger partial charge is 0.419 e. The monoisotopic (exact) mass is 606 g/mol. The molecule has 0 fully saturated rings. The Morgan fingerprint density at radius 2 is 1.95 bits per heavy atom. The molecule has 230 valence electrons. The molecule has 0 aliphatic rings. The molecule has 0 aliphatic carbocycles. The van der Waals surface area contributed by atoms with Crippen molar-refractivity contribution in [1.82, 2.24) is 30.0 Å². The molecule has 3 aromatic heterocycles. The van der Waals surface area contributed by atoms with Crippen LogP contribution in [0.25, 0.3) is 5.52 Å². The maximum absolute atomic E-state index is 13.6. The number of rotatable bonds is 12. The van der Waals surface area contributed by atoms with Gasteiger partial charge in [0.1, 0.15) is 24.1 Å². The van der Waals surface area contributed by atoms with Gasteiger partial charge in [-0.05, 0) is 50.5 Å². The van der Waals surface area contributed by atoms with E-state index in [1.54, 1.807) is 32.0 Å². The van der Waals surface area contributed by atoms with Gasteiger partial charge in [-0.25, -0.2) is 24.0 Å². The van der Waals surface area contributed by atoms with E-state index < -0.39 is 36.7 Å². The number of fused-ring (bicyclic) bond motifs is 1. The van der Waals surface area contributed by atoms with Gasteiger partial charge in [-0.1, -0.05) is 18.1 Å². The van der Waals surface area contributed by atoms with Crippen LogP contribution in [0.5, 0.6) is 0 Å². The molecule has 44 heavy (non-hydrogen) atoms. The van der Waals surface area contributed by atoms with Crippen molar-refractivity contribution in [3.05, 3.63) is 65.3 Å². The summed E-state index contributed by atoms with van der Waals surface area (Å²) in [5.74, 6) is -1.25. The lowest BCUT2D eigenvalue weighted by atomic mass is 10.1. The van der Waals surface area contributed by atoms with Crippen LogP contribution in [-0.2, 0) is 19.1 Å². The molecule has 16 heteroatoms. The SMILES string of the molecule is CCCN(C(=O)OCOC(=O)C(C)NC=O)C(=O)c1cn2ncnc(Nc3cc(C(=O)Nc4ccon4)ccc3C)c2c1C. The summed E-state index contributed by atoms with van der Waals surface area (Å²) in [4.78, 5) is 66.7. The third-order valence-corrected chi connectivity index (χ3v) is 6.46. The topological polar surface area (TPSA) is 199 Å². The highest BCUT2D eigenvalue weighted by atomic mass is 16.7. The van der Waals surface area contributed by atoms with Crippen LogP contribution in [0.3, 0.4) is 0 Å². The normalized spacial score (nSPS) is 11.4. The van der Waals surface area contributed by atoms with Crippen molar-refractivity contribution in [2.24, 2.45) is 0 Å². The second-order valence-electron chi connectivity index (χ2n) is 9.52. The van der Waals surface area contributed by atoms with Crippen molar-refractivity contribution < 1.29 is 38.0 Å². The molecular weight excluding hydrogens is 576 g/mol. The van der Waals surface area contributed by atoms with Gasteiger partial charge in [-0.3, -0.25) is 14.4 Å². The number of ether oxygens (including phenoxy) is 2. The summed E-state index contributed by atoms with van der Waals surface area (Å²) in [5, 5.41) is 16.0. The van der Waals surface area contributed by atoms with Crippen LogP contribution in [0.15, 0.2) is 47.6 Å². The average Bonchev–Trinajstić information content (AvgIpc) is 3.64. The number of amides is 4. The van der Waals surface area contributed by atoms with Crippen molar-refractivity contribution in [2.45, 2.75) is 40.2 Å². The minimum Gasteiger partial charge on any atom is -0.426 e. The minimum absolute atomic E-state index is 0.0273. The average molecular weight is 607 g/mol. The molecule has 0 spiro atoms. The number of carbonyl (C=O) groups is 5. The summed E-state index contributed by atoms with van der Waals surface area (Å²) < 4.78 is 16.1. The van der Waals surface area contributed by atoms with Crippen LogP contribution in [0.1, 0.15) is 52.1 Å². The summed E-state index contributed by atoms with van der Waals surface area (Å²) in [6.07, 6.45) is 3.86. The second-order valence-corrected chi connectivity index (χ2v) is 9.52. The fourth-order valence-electron chi connectivity index (χ4n) is 4.11. The maximum atomic E-state index is 13.6. The second kappa shape index (κ2) is 13.9. The Kier molecular flexibility index (Phi) is 9.85. The van der Waals surface area contributed by atoms with Gasteiger partial charge in [0, 0.05) is 30.1 Å². The van der Waals surface area contributed by atoms with Crippen molar-refractivity contribution in [3.8, 4) is 0 Å². The first-order valence-electron chi connectivity index (χ1n) is 13.4. The Bertz CT molecular complexity index is 1680. The molecule has 1 aromatic carbocycles. The van der Waals surface area contributed by atoms with Gasteiger partial charge in [0.25, 0.3) is 11.8 Å². The molecule has 0 aliphatic heterocycles. The van der Waals surface area contributed by atoms with Crippen LogP contribution >= 0.6 is 0 Å². The van der Waals surface area contributed by atoms with E-state index in [0.717, 1.165) is 10.5 Å². The highest BCUT2D eigenvalue weighted by molar-refractivity contribution is 6.06. The van der Waals surface area contributed by atoms with Crippen molar-refractivity contribution in [1.29, 1.82) is 0 Å². The number of aromatic nitrogens is 4. The van der Waals surface area contributed by atoms with Crippen LogP contribution in [0.4, 0.5) is 22.1 Å². The van der Waals surface area contributed by atoms with Crippen LogP contribution in [0.2, 0.25) is 0 Å². The van der Waals surface area contributed by atoms with E-state index in [1.807, 2.05) is 6.92 Å². The predicted molar refractivity (Wildman–Crippen MR) is 154 cm³/mol. The zero-order valence-electron chi connectivity index (χ0n) is 24.3. The molecule has 0 radical (unpaired) electrons. The van der Waals surface area contributed by atoms with Crippen LogP contribution in [-0.4, -0.2) is 74.3 Å². The largest absolute Gasteiger partial charge is 0.426 e. The zero-order valence-corrected chi connectivity index (χ0v) is 24.3. The molecule has 0 saturated heterocycles. The van der Waals surface area contributed by atoms with E-state index in [4.69, 9.17) is 14.0 Å². The van der Waals surface area contributed by atoms with E-state index in [9.17, 15) is 24.0 Å². The number of anilines is 3. The lowest BCUT2D eigenvalue weighted by Crippen LogP contribution is -2.39. The summed E-state index contributed by atoms with van der Waals surface area (Å²) >= 11 is 0. The molecule has 4 amide bonds. The fraction of sp³-hybridized carbons (Fsp3) is 0.286.